The van der Waals surface area contributed by atoms with Crippen LogP contribution in [0.3, 0.4) is 0 Å². The third-order valence-corrected chi connectivity index (χ3v) is 4.27. The van der Waals surface area contributed by atoms with Crippen molar-refractivity contribution in [2.45, 2.75) is 26.3 Å². The van der Waals surface area contributed by atoms with E-state index in [4.69, 9.17) is 0 Å². The van der Waals surface area contributed by atoms with E-state index in [0.717, 1.165) is 24.1 Å². The van der Waals surface area contributed by atoms with Gasteiger partial charge in [-0.3, -0.25) is 0 Å². The maximum absolute atomic E-state index is 13.3. The van der Waals surface area contributed by atoms with E-state index in [1.165, 1.54) is 10.9 Å². The first-order valence-electron chi connectivity index (χ1n) is 7.59. The van der Waals surface area contributed by atoms with Crippen molar-refractivity contribution in [2.24, 2.45) is 4.99 Å². The van der Waals surface area contributed by atoms with Gasteiger partial charge in [0.25, 0.3) is 0 Å². The third kappa shape index (κ3) is 6.35. The largest absolute Gasteiger partial charge is 0.357 e. The van der Waals surface area contributed by atoms with Crippen molar-refractivity contribution >= 4 is 41.3 Å². The Hall–Kier alpha value is -1.22. The predicted molar refractivity (Wildman–Crippen MR) is 107 cm³/mol. The lowest BCUT2D eigenvalue weighted by molar-refractivity contribution is 0.505. The summed E-state index contributed by atoms with van der Waals surface area (Å²) in [4.78, 5) is 5.71. The monoisotopic (exact) mass is 465 g/mol. The number of thiophene rings is 1. The fraction of sp³-hybridized carbons (Fsp3) is 0.353. The maximum Gasteiger partial charge on any atom is 0.191 e. The molecule has 0 bridgehead atoms. The Kier molecular flexibility index (Phi) is 9.20. The van der Waals surface area contributed by atoms with Crippen LogP contribution in [-0.4, -0.2) is 19.0 Å². The van der Waals surface area contributed by atoms with Crippen LogP contribution in [-0.2, 0) is 6.54 Å². The molecule has 0 saturated carbocycles. The van der Waals surface area contributed by atoms with Crippen LogP contribution in [0.1, 0.15) is 30.2 Å². The summed E-state index contributed by atoms with van der Waals surface area (Å²) in [5, 5.41) is 8.45. The summed E-state index contributed by atoms with van der Waals surface area (Å²) in [7, 11) is 0. The van der Waals surface area contributed by atoms with Crippen LogP contribution in [0.5, 0.6) is 0 Å². The minimum Gasteiger partial charge on any atom is -0.357 e. The van der Waals surface area contributed by atoms with Gasteiger partial charge in [-0.05, 0) is 42.0 Å². The van der Waals surface area contributed by atoms with E-state index >= 15 is 0 Å². The van der Waals surface area contributed by atoms with E-state index in [1.807, 2.05) is 31.4 Å². The Morgan fingerprint density at radius 1 is 1.21 bits per heavy atom. The van der Waals surface area contributed by atoms with Crippen LogP contribution in [0.4, 0.5) is 8.78 Å². The van der Waals surface area contributed by atoms with E-state index in [2.05, 4.69) is 15.6 Å². The Balaban J connectivity index is 0.00000288. The smallest absolute Gasteiger partial charge is 0.191 e. The standard InChI is InChI=1S/C17H21F2N3S.HI/c1-3-20-17(22-11-14-5-4-8-23-14)21-10-12(2)13-6-7-15(18)16(19)9-13;/h4-9,12H,3,10-11H2,1-2H3,(H2,20,21,22);1H. The predicted octanol–water partition coefficient (Wildman–Crippen LogP) is 4.50. The molecular weight excluding hydrogens is 443 g/mol. The Morgan fingerprint density at radius 2 is 2.00 bits per heavy atom. The third-order valence-electron chi connectivity index (χ3n) is 3.41. The quantitative estimate of drug-likeness (QED) is 0.375. The number of benzene rings is 1. The second-order valence-electron chi connectivity index (χ2n) is 5.23. The number of hydrogen-bond acceptors (Lipinski definition) is 2. The SMILES string of the molecule is CCNC(=NCc1cccs1)NCC(C)c1ccc(F)c(F)c1.I. The summed E-state index contributed by atoms with van der Waals surface area (Å²) in [6, 6.07) is 8.07. The normalized spacial score (nSPS) is 12.4. The first kappa shape index (κ1) is 20.8. The molecule has 24 heavy (non-hydrogen) atoms. The molecule has 0 amide bonds. The van der Waals surface area contributed by atoms with Gasteiger partial charge in [-0.25, -0.2) is 13.8 Å². The minimum atomic E-state index is -0.820. The number of nitrogens with one attached hydrogen (secondary N) is 2. The number of rotatable bonds is 6. The molecule has 0 spiro atoms. The van der Waals surface area contributed by atoms with Gasteiger partial charge in [0.2, 0.25) is 0 Å². The second-order valence-corrected chi connectivity index (χ2v) is 6.26. The van der Waals surface area contributed by atoms with Gasteiger partial charge in [0.1, 0.15) is 0 Å². The highest BCUT2D eigenvalue weighted by Crippen LogP contribution is 2.17. The van der Waals surface area contributed by atoms with Crippen LogP contribution in [0.25, 0.3) is 0 Å². The molecule has 0 radical (unpaired) electrons. The molecule has 1 heterocycles. The summed E-state index contributed by atoms with van der Waals surface area (Å²) in [6.07, 6.45) is 0. The lowest BCUT2D eigenvalue weighted by Gasteiger charge is -2.16. The highest BCUT2D eigenvalue weighted by Gasteiger charge is 2.10. The first-order chi connectivity index (χ1) is 11.1. The van der Waals surface area contributed by atoms with Gasteiger partial charge in [-0.1, -0.05) is 19.1 Å². The molecule has 2 aromatic rings. The van der Waals surface area contributed by atoms with E-state index < -0.39 is 11.6 Å². The zero-order valence-corrected chi connectivity index (χ0v) is 16.8. The Bertz CT molecular complexity index is 647. The van der Waals surface area contributed by atoms with Gasteiger partial charge in [0.05, 0.1) is 6.54 Å². The summed E-state index contributed by atoms with van der Waals surface area (Å²) < 4.78 is 26.3. The van der Waals surface area contributed by atoms with Crippen molar-refractivity contribution in [3.8, 4) is 0 Å². The molecule has 1 aromatic carbocycles. The number of halogens is 3. The summed E-state index contributed by atoms with van der Waals surface area (Å²) in [5.74, 6) is -0.876. The van der Waals surface area contributed by atoms with Crippen molar-refractivity contribution in [1.82, 2.24) is 10.6 Å². The fourth-order valence-electron chi connectivity index (χ4n) is 2.09. The number of guanidine groups is 1. The molecule has 1 aromatic heterocycles. The Labute approximate surface area is 162 Å². The molecule has 7 heteroatoms. The number of nitrogens with zero attached hydrogens (tertiary/aromatic N) is 1. The van der Waals surface area contributed by atoms with Crippen LogP contribution in [0.15, 0.2) is 40.7 Å². The van der Waals surface area contributed by atoms with E-state index in [1.54, 1.807) is 17.4 Å². The summed E-state index contributed by atoms with van der Waals surface area (Å²) in [6.45, 7) is 5.92. The van der Waals surface area contributed by atoms with Gasteiger partial charge >= 0.3 is 0 Å². The van der Waals surface area contributed by atoms with E-state index in [0.29, 0.717) is 13.1 Å². The minimum absolute atomic E-state index is 0. The van der Waals surface area contributed by atoms with Crippen LogP contribution >= 0.6 is 35.3 Å². The molecule has 2 N–H and O–H groups in total. The van der Waals surface area contributed by atoms with Gasteiger partial charge < -0.3 is 10.6 Å². The average Bonchev–Trinajstić information content (AvgIpc) is 3.06. The molecule has 3 nitrogen and oxygen atoms in total. The number of hydrogen-bond donors (Lipinski definition) is 2. The molecule has 132 valence electrons. The van der Waals surface area contributed by atoms with Gasteiger partial charge in [0.15, 0.2) is 17.6 Å². The highest BCUT2D eigenvalue weighted by atomic mass is 127. The van der Waals surface area contributed by atoms with Crippen molar-refractivity contribution in [1.29, 1.82) is 0 Å². The number of aliphatic imine (C=N–C) groups is 1. The fourth-order valence-corrected chi connectivity index (χ4v) is 2.72. The molecule has 1 atom stereocenters. The van der Waals surface area contributed by atoms with E-state index in [-0.39, 0.29) is 29.9 Å². The first-order valence-corrected chi connectivity index (χ1v) is 8.47. The summed E-state index contributed by atoms with van der Waals surface area (Å²) >= 11 is 1.67. The molecule has 1 unspecified atom stereocenters. The van der Waals surface area contributed by atoms with Gasteiger partial charge in [-0.2, -0.15) is 0 Å². The lowest BCUT2D eigenvalue weighted by atomic mass is 10.0. The highest BCUT2D eigenvalue weighted by molar-refractivity contribution is 14.0. The lowest BCUT2D eigenvalue weighted by Crippen LogP contribution is -2.39. The average molecular weight is 465 g/mol. The zero-order valence-electron chi connectivity index (χ0n) is 13.7. The van der Waals surface area contributed by atoms with Gasteiger partial charge in [-0.15, -0.1) is 35.3 Å². The van der Waals surface area contributed by atoms with Crippen LogP contribution in [0.2, 0.25) is 0 Å². The Morgan fingerprint density at radius 3 is 2.62 bits per heavy atom. The second kappa shape index (κ2) is 10.6. The summed E-state index contributed by atoms with van der Waals surface area (Å²) in [5.41, 5.74) is 0.755. The molecule has 0 aliphatic rings. The maximum atomic E-state index is 13.3. The van der Waals surface area contributed by atoms with Crippen molar-refractivity contribution in [3.63, 3.8) is 0 Å². The molecular formula is C17H22F2IN3S. The molecule has 2 rings (SSSR count). The molecule has 0 aliphatic carbocycles. The molecule has 0 aliphatic heterocycles. The topological polar surface area (TPSA) is 36.4 Å². The van der Waals surface area contributed by atoms with Crippen molar-refractivity contribution < 1.29 is 8.78 Å². The van der Waals surface area contributed by atoms with Crippen LogP contribution in [0, 0.1) is 11.6 Å². The van der Waals surface area contributed by atoms with Gasteiger partial charge in [0, 0.05) is 18.0 Å². The van der Waals surface area contributed by atoms with Crippen LogP contribution < -0.4 is 10.6 Å². The molecule has 0 saturated heterocycles. The van der Waals surface area contributed by atoms with Crippen molar-refractivity contribution in [3.05, 3.63) is 57.8 Å². The van der Waals surface area contributed by atoms with Crippen molar-refractivity contribution in [2.75, 3.05) is 13.1 Å². The van der Waals surface area contributed by atoms with E-state index in [9.17, 15) is 8.78 Å². The molecule has 0 fully saturated rings. The zero-order chi connectivity index (χ0) is 16.7.